The average Bonchev–Trinajstić information content (AvgIpc) is 2.62. The molecule has 1 heterocycles. The molecule has 0 aromatic rings. The average molecular weight is 255 g/mol. The van der Waals surface area contributed by atoms with Gasteiger partial charge in [0.1, 0.15) is 6.04 Å². The first-order chi connectivity index (χ1) is 8.56. The quantitative estimate of drug-likeness (QED) is 0.798. The molecular formula is C13H25N3O2. The summed E-state index contributed by atoms with van der Waals surface area (Å²) in [6, 6.07) is -1.10. The van der Waals surface area contributed by atoms with Crippen molar-refractivity contribution in [2.24, 2.45) is 11.7 Å². The number of hydrogen-bond acceptors (Lipinski definition) is 2. The molecule has 1 saturated heterocycles. The molecule has 1 aliphatic heterocycles. The second-order valence-electron chi connectivity index (χ2n) is 5.11. The third-order valence-corrected chi connectivity index (χ3v) is 3.69. The lowest BCUT2D eigenvalue weighted by Crippen LogP contribution is -2.53. The maximum Gasteiger partial charge on any atom is 0.312 e. The fourth-order valence-corrected chi connectivity index (χ4v) is 2.32. The van der Waals surface area contributed by atoms with E-state index in [9.17, 15) is 9.59 Å². The number of likely N-dealkylation sites (tertiary alicyclic amines) is 1. The van der Waals surface area contributed by atoms with Crippen LogP contribution in [0, 0.1) is 5.92 Å². The molecule has 0 spiro atoms. The van der Waals surface area contributed by atoms with Crippen molar-refractivity contribution in [2.45, 2.75) is 52.0 Å². The zero-order valence-corrected chi connectivity index (χ0v) is 11.4. The van der Waals surface area contributed by atoms with Gasteiger partial charge in [-0.15, -0.1) is 0 Å². The van der Waals surface area contributed by atoms with Gasteiger partial charge in [0.25, 0.3) is 0 Å². The summed E-state index contributed by atoms with van der Waals surface area (Å²) in [4.78, 5) is 25.3. The molecule has 0 aliphatic carbocycles. The Labute approximate surface area is 109 Å². The molecule has 0 aromatic carbocycles. The normalized spacial score (nSPS) is 19.8. The number of primary amides is 1. The highest BCUT2D eigenvalue weighted by Gasteiger charge is 2.29. The van der Waals surface area contributed by atoms with Crippen LogP contribution in [0.5, 0.6) is 0 Å². The first kappa shape index (κ1) is 14.8. The Morgan fingerprint density at radius 1 is 1.22 bits per heavy atom. The Hall–Kier alpha value is -1.26. The van der Waals surface area contributed by atoms with Gasteiger partial charge in [0.2, 0.25) is 5.91 Å². The molecule has 104 valence electrons. The van der Waals surface area contributed by atoms with E-state index in [2.05, 4.69) is 5.32 Å². The second-order valence-corrected chi connectivity index (χ2v) is 5.11. The topological polar surface area (TPSA) is 75.4 Å². The summed E-state index contributed by atoms with van der Waals surface area (Å²) in [5, 5.41) is 2.60. The van der Waals surface area contributed by atoms with Crippen molar-refractivity contribution in [1.82, 2.24) is 10.2 Å². The van der Waals surface area contributed by atoms with Crippen LogP contribution in [0.3, 0.4) is 0 Å². The molecule has 5 heteroatoms. The van der Waals surface area contributed by atoms with Crippen molar-refractivity contribution in [3.8, 4) is 0 Å². The molecule has 1 aliphatic rings. The van der Waals surface area contributed by atoms with Crippen molar-refractivity contribution < 1.29 is 9.59 Å². The zero-order valence-electron chi connectivity index (χ0n) is 11.4. The van der Waals surface area contributed by atoms with E-state index in [4.69, 9.17) is 5.73 Å². The van der Waals surface area contributed by atoms with Crippen LogP contribution < -0.4 is 11.1 Å². The Morgan fingerprint density at radius 2 is 1.78 bits per heavy atom. The van der Waals surface area contributed by atoms with Gasteiger partial charge in [-0.1, -0.05) is 33.1 Å². The third-order valence-electron chi connectivity index (χ3n) is 3.69. The molecule has 3 N–H and O–H groups in total. The summed E-state index contributed by atoms with van der Waals surface area (Å²) < 4.78 is 0. The van der Waals surface area contributed by atoms with Gasteiger partial charge < -0.3 is 16.0 Å². The Kier molecular flexibility index (Phi) is 5.95. The van der Waals surface area contributed by atoms with E-state index < -0.39 is 12.1 Å². The van der Waals surface area contributed by atoms with E-state index in [0.29, 0.717) is 0 Å². The number of rotatable bonds is 4. The molecule has 1 rings (SSSR count). The van der Waals surface area contributed by atoms with Crippen molar-refractivity contribution in [2.75, 3.05) is 13.1 Å². The minimum atomic E-state index is -0.622. The number of nitrogens with zero attached hydrogens (tertiary/aromatic N) is 1. The van der Waals surface area contributed by atoms with Gasteiger partial charge in [0, 0.05) is 13.1 Å². The summed E-state index contributed by atoms with van der Waals surface area (Å²) >= 11 is 0. The van der Waals surface area contributed by atoms with E-state index in [1.165, 1.54) is 12.8 Å². The number of nitrogens with one attached hydrogen (secondary N) is 1. The summed E-state index contributed by atoms with van der Waals surface area (Å²) in [5.74, 6) is 0.123. The van der Waals surface area contributed by atoms with Crippen molar-refractivity contribution in [3.63, 3.8) is 0 Å². The van der Waals surface area contributed by atoms with Crippen LogP contribution in [0.15, 0.2) is 0 Å². The molecule has 2 unspecified atom stereocenters. The Morgan fingerprint density at radius 3 is 2.22 bits per heavy atom. The second kappa shape index (κ2) is 7.24. The number of amides is 3. The SMILES string of the molecule is CCC(C)C(NC(N)=O)C(=O)N1CCCCCC1. The monoisotopic (exact) mass is 255 g/mol. The Balaban J connectivity index is 2.69. The predicted molar refractivity (Wildman–Crippen MR) is 71.0 cm³/mol. The summed E-state index contributed by atoms with van der Waals surface area (Å²) in [5.41, 5.74) is 5.16. The molecule has 5 nitrogen and oxygen atoms in total. The summed E-state index contributed by atoms with van der Waals surface area (Å²) in [6.45, 7) is 5.57. The van der Waals surface area contributed by atoms with Crippen LogP contribution >= 0.6 is 0 Å². The molecule has 3 amide bonds. The van der Waals surface area contributed by atoms with Crippen molar-refractivity contribution in [3.05, 3.63) is 0 Å². The standard InChI is InChI=1S/C13H25N3O2/c1-3-10(2)11(15-13(14)18)12(17)16-8-6-4-5-7-9-16/h10-11H,3-9H2,1-2H3,(H3,14,15,18). The first-order valence-electron chi connectivity index (χ1n) is 6.91. The van der Waals surface area contributed by atoms with Crippen LogP contribution in [0.2, 0.25) is 0 Å². The number of carbonyl (C=O) groups excluding carboxylic acids is 2. The van der Waals surface area contributed by atoms with Gasteiger partial charge >= 0.3 is 6.03 Å². The maximum atomic E-state index is 12.4. The zero-order chi connectivity index (χ0) is 13.5. The highest BCUT2D eigenvalue weighted by atomic mass is 16.2. The number of urea groups is 1. The number of nitrogens with two attached hydrogens (primary N) is 1. The molecular weight excluding hydrogens is 230 g/mol. The van der Waals surface area contributed by atoms with Crippen LogP contribution in [0.25, 0.3) is 0 Å². The minimum absolute atomic E-state index is 0.0186. The fourth-order valence-electron chi connectivity index (χ4n) is 2.32. The lowest BCUT2D eigenvalue weighted by atomic mass is 9.98. The van der Waals surface area contributed by atoms with Gasteiger partial charge in [-0.05, 0) is 18.8 Å². The van der Waals surface area contributed by atoms with Crippen LogP contribution in [-0.4, -0.2) is 36.0 Å². The van der Waals surface area contributed by atoms with E-state index in [0.717, 1.165) is 32.4 Å². The summed E-state index contributed by atoms with van der Waals surface area (Å²) in [6.07, 6.45) is 5.30. The first-order valence-corrected chi connectivity index (χ1v) is 6.91. The van der Waals surface area contributed by atoms with Crippen molar-refractivity contribution >= 4 is 11.9 Å². The van der Waals surface area contributed by atoms with Gasteiger partial charge in [-0.2, -0.15) is 0 Å². The largest absolute Gasteiger partial charge is 0.352 e. The lowest BCUT2D eigenvalue weighted by molar-refractivity contribution is -0.134. The van der Waals surface area contributed by atoms with Gasteiger partial charge in [-0.3, -0.25) is 4.79 Å². The Bertz CT molecular complexity index is 286. The molecule has 0 aromatic heterocycles. The molecule has 1 fully saturated rings. The third kappa shape index (κ3) is 4.20. The number of hydrogen-bond donors (Lipinski definition) is 2. The smallest absolute Gasteiger partial charge is 0.312 e. The van der Waals surface area contributed by atoms with E-state index >= 15 is 0 Å². The van der Waals surface area contributed by atoms with Gasteiger partial charge in [0.05, 0.1) is 0 Å². The molecule has 0 bridgehead atoms. The minimum Gasteiger partial charge on any atom is -0.352 e. The van der Waals surface area contributed by atoms with E-state index in [1.54, 1.807) is 0 Å². The molecule has 0 saturated carbocycles. The van der Waals surface area contributed by atoms with Crippen molar-refractivity contribution in [1.29, 1.82) is 0 Å². The van der Waals surface area contributed by atoms with E-state index in [-0.39, 0.29) is 11.8 Å². The maximum absolute atomic E-state index is 12.4. The predicted octanol–water partition coefficient (Wildman–Crippen LogP) is 1.47. The van der Waals surface area contributed by atoms with Crippen LogP contribution in [0.1, 0.15) is 46.0 Å². The fraction of sp³-hybridized carbons (Fsp3) is 0.846. The van der Waals surface area contributed by atoms with E-state index in [1.807, 2.05) is 18.7 Å². The van der Waals surface area contributed by atoms with Crippen LogP contribution in [0.4, 0.5) is 4.79 Å². The van der Waals surface area contributed by atoms with Gasteiger partial charge in [-0.25, -0.2) is 4.79 Å². The van der Waals surface area contributed by atoms with Gasteiger partial charge in [0.15, 0.2) is 0 Å². The highest BCUT2D eigenvalue weighted by Crippen LogP contribution is 2.15. The molecule has 18 heavy (non-hydrogen) atoms. The highest BCUT2D eigenvalue weighted by molar-refractivity contribution is 5.86. The molecule has 2 atom stereocenters. The molecule has 0 radical (unpaired) electrons. The van der Waals surface area contributed by atoms with Crippen LogP contribution in [-0.2, 0) is 4.79 Å². The summed E-state index contributed by atoms with van der Waals surface area (Å²) in [7, 11) is 0. The number of carbonyl (C=O) groups is 2. The lowest BCUT2D eigenvalue weighted by Gasteiger charge is -2.29.